The number of nitrogens with two attached hydrogens (primary N) is 1. The van der Waals surface area contributed by atoms with E-state index in [9.17, 15) is 0 Å². The summed E-state index contributed by atoms with van der Waals surface area (Å²) in [6.45, 7) is 4.09. The molecule has 0 radical (unpaired) electrons. The maximum atomic E-state index is 5.82. The second-order valence-electron chi connectivity index (χ2n) is 4.37. The zero-order valence-corrected chi connectivity index (χ0v) is 10.7. The van der Waals surface area contributed by atoms with Crippen LogP contribution in [0, 0.1) is 0 Å². The predicted octanol–water partition coefficient (Wildman–Crippen LogP) is 3.08. The zero-order valence-electron chi connectivity index (χ0n) is 10.7. The highest BCUT2D eigenvalue weighted by Gasteiger charge is 2.06. The van der Waals surface area contributed by atoms with Crippen LogP contribution in [-0.4, -0.2) is 11.5 Å². The average Bonchev–Trinajstić information content (AvgIpc) is 2.39. The number of benzene rings is 1. The molecule has 0 spiro atoms. The molecular weight excluding hydrogens is 222 g/mol. The van der Waals surface area contributed by atoms with Gasteiger partial charge in [-0.3, -0.25) is 4.98 Å². The molecule has 0 aliphatic heterocycles. The highest BCUT2D eigenvalue weighted by atomic mass is 15.1. The van der Waals surface area contributed by atoms with Gasteiger partial charge in [0.05, 0.1) is 0 Å². The third-order valence-electron chi connectivity index (χ3n) is 2.85. The van der Waals surface area contributed by atoms with Gasteiger partial charge in [0.25, 0.3) is 0 Å². The number of anilines is 2. The number of pyridine rings is 1. The van der Waals surface area contributed by atoms with Gasteiger partial charge in [0, 0.05) is 36.9 Å². The Bertz CT molecular complexity index is 482. The van der Waals surface area contributed by atoms with Crippen molar-refractivity contribution in [3.05, 3.63) is 54.4 Å². The Morgan fingerprint density at radius 2 is 1.94 bits per heavy atom. The number of aromatic nitrogens is 1. The maximum Gasteiger partial charge on any atom is 0.0430 e. The molecule has 3 heteroatoms. The lowest BCUT2D eigenvalue weighted by Gasteiger charge is -2.24. The molecular formula is C15H19N3. The van der Waals surface area contributed by atoms with Crippen molar-refractivity contribution < 1.29 is 0 Å². The van der Waals surface area contributed by atoms with E-state index >= 15 is 0 Å². The van der Waals surface area contributed by atoms with Gasteiger partial charge >= 0.3 is 0 Å². The predicted molar refractivity (Wildman–Crippen MR) is 76.4 cm³/mol. The molecule has 0 fully saturated rings. The van der Waals surface area contributed by atoms with Gasteiger partial charge in [-0.2, -0.15) is 0 Å². The van der Waals surface area contributed by atoms with E-state index in [1.165, 1.54) is 11.3 Å². The largest absolute Gasteiger partial charge is 0.399 e. The Hall–Kier alpha value is -2.03. The fraction of sp³-hybridized carbons (Fsp3) is 0.267. The minimum atomic E-state index is 0.818. The van der Waals surface area contributed by atoms with Crippen molar-refractivity contribution in [2.24, 2.45) is 0 Å². The van der Waals surface area contributed by atoms with Crippen LogP contribution in [0.5, 0.6) is 0 Å². The van der Waals surface area contributed by atoms with Crippen LogP contribution >= 0.6 is 0 Å². The maximum absolute atomic E-state index is 5.82. The van der Waals surface area contributed by atoms with E-state index in [1.54, 1.807) is 0 Å². The van der Waals surface area contributed by atoms with E-state index in [2.05, 4.69) is 22.9 Å². The van der Waals surface area contributed by atoms with Gasteiger partial charge in [-0.25, -0.2) is 0 Å². The number of hydrogen-bond donors (Lipinski definition) is 1. The SMILES string of the molecule is CCCN(Cc1cccc(N)c1)c1ccncc1. The first kappa shape index (κ1) is 12.4. The summed E-state index contributed by atoms with van der Waals surface area (Å²) in [5.74, 6) is 0. The Labute approximate surface area is 108 Å². The molecule has 2 aromatic rings. The molecule has 94 valence electrons. The van der Waals surface area contributed by atoms with Crippen molar-refractivity contribution >= 4 is 11.4 Å². The summed E-state index contributed by atoms with van der Waals surface area (Å²) >= 11 is 0. The number of nitrogen functional groups attached to an aromatic ring is 1. The minimum absolute atomic E-state index is 0.818. The average molecular weight is 241 g/mol. The molecule has 2 N–H and O–H groups in total. The summed E-state index contributed by atoms with van der Waals surface area (Å²) in [4.78, 5) is 6.41. The topological polar surface area (TPSA) is 42.1 Å². The lowest BCUT2D eigenvalue weighted by molar-refractivity contribution is 0.767. The smallest absolute Gasteiger partial charge is 0.0430 e. The lowest BCUT2D eigenvalue weighted by atomic mass is 10.1. The standard InChI is InChI=1S/C15H19N3/c1-2-10-18(15-6-8-17-9-7-15)12-13-4-3-5-14(16)11-13/h3-9,11H,2,10,12,16H2,1H3. The van der Waals surface area contributed by atoms with Crippen LogP contribution in [-0.2, 0) is 6.54 Å². The highest BCUT2D eigenvalue weighted by molar-refractivity contribution is 5.47. The van der Waals surface area contributed by atoms with E-state index in [4.69, 9.17) is 5.73 Å². The number of nitrogens with zero attached hydrogens (tertiary/aromatic N) is 2. The molecule has 0 aliphatic rings. The molecule has 0 bridgehead atoms. The molecule has 2 rings (SSSR count). The first-order valence-electron chi connectivity index (χ1n) is 6.29. The van der Waals surface area contributed by atoms with Crippen molar-refractivity contribution in [2.45, 2.75) is 19.9 Å². The summed E-state index contributed by atoms with van der Waals surface area (Å²) in [6, 6.07) is 12.1. The van der Waals surface area contributed by atoms with E-state index in [0.29, 0.717) is 0 Å². The van der Waals surface area contributed by atoms with Crippen molar-refractivity contribution in [3.8, 4) is 0 Å². The fourth-order valence-corrected chi connectivity index (χ4v) is 2.04. The number of hydrogen-bond acceptors (Lipinski definition) is 3. The van der Waals surface area contributed by atoms with Crippen LogP contribution < -0.4 is 10.6 Å². The van der Waals surface area contributed by atoms with Gasteiger partial charge < -0.3 is 10.6 Å². The van der Waals surface area contributed by atoms with Crippen molar-refractivity contribution in [1.82, 2.24) is 4.98 Å². The van der Waals surface area contributed by atoms with Gasteiger partial charge in [0.1, 0.15) is 0 Å². The normalized spacial score (nSPS) is 10.3. The minimum Gasteiger partial charge on any atom is -0.399 e. The van der Waals surface area contributed by atoms with Crippen LogP contribution in [0.3, 0.4) is 0 Å². The summed E-state index contributed by atoms with van der Waals surface area (Å²) < 4.78 is 0. The Morgan fingerprint density at radius 1 is 1.17 bits per heavy atom. The van der Waals surface area contributed by atoms with Crippen molar-refractivity contribution in [1.29, 1.82) is 0 Å². The fourth-order valence-electron chi connectivity index (χ4n) is 2.04. The molecule has 0 atom stereocenters. The van der Waals surface area contributed by atoms with Crippen LogP contribution in [0.2, 0.25) is 0 Å². The highest BCUT2D eigenvalue weighted by Crippen LogP contribution is 2.17. The Kier molecular flexibility index (Phi) is 4.18. The molecule has 1 aromatic heterocycles. The molecule has 0 saturated heterocycles. The molecule has 1 heterocycles. The molecule has 0 saturated carbocycles. The van der Waals surface area contributed by atoms with Gasteiger partial charge in [0.15, 0.2) is 0 Å². The van der Waals surface area contributed by atoms with Gasteiger partial charge in [-0.05, 0) is 36.2 Å². The number of rotatable bonds is 5. The first-order valence-corrected chi connectivity index (χ1v) is 6.29. The zero-order chi connectivity index (χ0) is 12.8. The quantitative estimate of drug-likeness (QED) is 0.818. The summed E-state index contributed by atoms with van der Waals surface area (Å²) in [5, 5.41) is 0. The lowest BCUT2D eigenvalue weighted by Crippen LogP contribution is -2.23. The summed E-state index contributed by atoms with van der Waals surface area (Å²) in [5.41, 5.74) is 9.08. The van der Waals surface area contributed by atoms with E-state index in [0.717, 1.165) is 25.2 Å². The second kappa shape index (κ2) is 6.05. The summed E-state index contributed by atoms with van der Waals surface area (Å²) in [6.07, 6.45) is 4.78. The van der Waals surface area contributed by atoms with E-state index < -0.39 is 0 Å². The monoisotopic (exact) mass is 241 g/mol. The molecule has 0 aliphatic carbocycles. The molecule has 0 amide bonds. The Morgan fingerprint density at radius 3 is 2.61 bits per heavy atom. The van der Waals surface area contributed by atoms with E-state index in [-0.39, 0.29) is 0 Å². The van der Waals surface area contributed by atoms with Crippen LogP contribution in [0.25, 0.3) is 0 Å². The van der Waals surface area contributed by atoms with Crippen molar-refractivity contribution in [2.75, 3.05) is 17.2 Å². The van der Waals surface area contributed by atoms with E-state index in [1.807, 2.05) is 42.7 Å². The molecule has 3 nitrogen and oxygen atoms in total. The van der Waals surface area contributed by atoms with Gasteiger partial charge in [0.2, 0.25) is 0 Å². The van der Waals surface area contributed by atoms with Crippen LogP contribution in [0.15, 0.2) is 48.8 Å². The van der Waals surface area contributed by atoms with Gasteiger partial charge in [-0.1, -0.05) is 19.1 Å². The first-order chi connectivity index (χ1) is 8.79. The van der Waals surface area contributed by atoms with Crippen molar-refractivity contribution in [3.63, 3.8) is 0 Å². The van der Waals surface area contributed by atoms with Gasteiger partial charge in [-0.15, -0.1) is 0 Å². The molecule has 1 aromatic carbocycles. The third-order valence-corrected chi connectivity index (χ3v) is 2.85. The Balaban J connectivity index is 2.16. The molecule has 0 unspecified atom stereocenters. The molecule has 18 heavy (non-hydrogen) atoms. The second-order valence-corrected chi connectivity index (χ2v) is 4.37. The summed E-state index contributed by atoms with van der Waals surface area (Å²) in [7, 11) is 0. The van der Waals surface area contributed by atoms with Crippen LogP contribution in [0.1, 0.15) is 18.9 Å². The third kappa shape index (κ3) is 3.23. The van der Waals surface area contributed by atoms with Crippen LogP contribution in [0.4, 0.5) is 11.4 Å².